The lowest BCUT2D eigenvalue weighted by atomic mass is 10.1. The fraction of sp³-hybridized carbons (Fsp3) is 0.370. The van der Waals surface area contributed by atoms with Crippen molar-refractivity contribution in [2.45, 2.75) is 25.5 Å². The highest BCUT2D eigenvalue weighted by Gasteiger charge is 2.29. The van der Waals surface area contributed by atoms with Crippen LogP contribution in [-0.4, -0.2) is 52.2 Å². The third-order valence-corrected chi connectivity index (χ3v) is 5.80. The van der Waals surface area contributed by atoms with E-state index in [1.165, 1.54) is 6.07 Å². The van der Waals surface area contributed by atoms with Gasteiger partial charge in [0.25, 0.3) is 0 Å². The summed E-state index contributed by atoms with van der Waals surface area (Å²) in [7, 11) is 1.72. The zero-order valence-corrected chi connectivity index (χ0v) is 19.7. The molecular formula is C27H29F2N3O3. The minimum absolute atomic E-state index is 0.0910. The zero-order chi connectivity index (χ0) is 24.8. The molecule has 1 fully saturated rings. The van der Waals surface area contributed by atoms with Gasteiger partial charge in [-0.15, -0.1) is 6.42 Å². The van der Waals surface area contributed by atoms with Gasteiger partial charge in [0.2, 0.25) is 5.88 Å². The number of benzene rings is 2. The molecule has 0 saturated heterocycles. The molecule has 1 N–H and O–H groups in total. The summed E-state index contributed by atoms with van der Waals surface area (Å²) in [5.41, 5.74) is 2.33. The first-order valence-electron chi connectivity index (χ1n) is 11.6. The normalized spacial score (nSPS) is 14.2. The van der Waals surface area contributed by atoms with Gasteiger partial charge in [0.1, 0.15) is 18.1 Å². The number of rotatable bonds is 12. The van der Waals surface area contributed by atoms with Gasteiger partial charge >= 0.3 is 0 Å². The number of halogens is 2. The van der Waals surface area contributed by atoms with Gasteiger partial charge in [-0.3, -0.25) is 4.90 Å². The predicted octanol–water partition coefficient (Wildman–Crippen LogP) is 4.38. The summed E-state index contributed by atoms with van der Waals surface area (Å²) in [6.45, 7) is 1.85. The van der Waals surface area contributed by atoms with Crippen molar-refractivity contribution in [1.29, 1.82) is 0 Å². The average molecular weight is 482 g/mol. The average Bonchev–Trinajstić information content (AvgIpc) is 3.60. The minimum Gasteiger partial charge on any atom is -0.436 e. The summed E-state index contributed by atoms with van der Waals surface area (Å²) in [5.74, 6) is 1.74. The van der Waals surface area contributed by atoms with Crippen molar-refractivity contribution in [3.63, 3.8) is 0 Å². The molecule has 0 unspecified atom stereocenters. The summed E-state index contributed by atoms with van der Waals surface area (Å²) in [4.78, 5) is 2.14. The third kappa shape index (κ3) is 6.67. The fourth-order valence-electron chi connectivity index (χ4n) is 4.01. The van der Waals surface area contributed by atoms with Gasteiger partial charge in [-0.1, -0.05) is 36.3 Å². The molecule has 0 spiro atoms. The molecular weight excluding hydrogens is 452 g/mol. The van der Waals surface area contributed by atoms with Crippen molar-refractivity contribution in [3.05, 3.63) is 65.7 Å². The maximum absolute atomic E-state index is 14.4. The Labute approximate surface area is 204 Å². The Bertz CT molecular complexity index is 1170. The standard InChI is InChI=1S/C27H29F2N3O3/c1-3-13-34-18-22(33)16-32(15-19-9-10-19)17-23-26(20-7-5-4-6-8-20)30-31(2)27(23)35-25-12-11-21(28)14-24(25)29/h1,4-8,11-12,14,19,22,33H,9-10,13,15-18H2,2H3/t22-/m1/s1. The number of ether oxygens (including phenoxy) is 2. The second-order valence-corrected chi connectivity index (χ2v) is 8.81. The second-order valence-electron chi connectivity index (χ2n) is 8.81. The van der Waals surface area contributed by atoms with Crippen LogP contribution >= 0.6 is 0 Å². The van der Waals surface area contributed by atoms with Crippen LogP contribution in [0.4, 0.5) is 8.78 Å². The number of aliphatic hydroxyl groups is 1. The number of aryl methyl sites for hydroxylation is 1. The molecule has 184 valence electrons. The zero-order valence-electron chi connectivity index (χ0n) is 19.7. The number of hydrogen-bond donors (Lipinski definition) is 1. The molecule has 4 rings (SSSR count). The molecule has 8 heteroatoms. The Kier molecular flexibility index (Phi) is 8.13. The molecule has 35 heavy (non-hydrogen) atoms. The van der Waals surface area contributed by atoms with Crippen molar-refractivity contribution < 1.29 is 23.4 Å². The van der Waals surface area contributed by atoms with Crippen LogP contribution in [0.15, 0.2) is 48.5 Å². The lowest BCUT2D eigenvalue weighted by Crippen LogP contribution is -2.36. The molecule has 3 aromatic rings. The summed E-state index contributed by atoms with van der Waals surface area (Å²) in [6, 6.07) is 12.9. The fourth-order valence-corrected chi connectivity index (χ4v) is 4.01. The molecule has 1 saturated carbocycles. The maximum Gasteiger partial charge on any atom is 0.222 e. The van der Waals surface area contributed by atoms with Crippen LogP contribution in [0.1, 0.15) is 18.4 Å². The highest BCUT2D eigenvalue weighted by atomic mass is 19.1. The summed E-state index contributed by atoms with van der Waals surface area (Å²) >= 11 is 0. The predicted molar refractivity (Wildman–Crippen MR) is 129 cm³/mol. The Morgan fingerprint density at radius 3 is 2.69 bits per heavy atom. The topological polar surface area (TPSA) is 59.8 Å². The van der Waals surface area contributed by atoms with Gasteiger partial charge in [-0.2, -0.15) is 5.10 Å². The summed E-state index contributed by atoms with van der Waals surface area (Å²) in [6.07, 6.45) is 6.79. The van der Waals surface area contributed by atoms with Gasteiger partial charge in [-0.05, 0) is 30.9 Å². The van der Waals surface area contributed by atoms with E-state index in [-0.39, 0.29) is 19.0 Å². The van der Waals surface area contributed by atoms with Gasteiger partial charge in [0.05, 0.1) is 18.3 Å². The molecule has 0 radical (unpaired) electrons. The maximum atomic E-state index is 14.4. The van der Waals surface area contributed by atoms with Crippen LogP contribution in [-0.2, 0) is 18.3 Å². The molecule has 1 aromatic heterocycles. The molecule has 0 bridgehead atoms. The first kappa shape index (κ1) is 24.9. The van der Waals surface area contributed by atoms with Crippen molar-refractivity contribution in [1.82, 2.24) is 14.7 Å². The van der Waals surface area contributed by atoms with Gasteiger partial charge < -0.3 is 14.6 Å². The molecule has 1 heterocycles. The first-order chi connectivity index (χ1) is 16.9. The van der Waals surface area contributed by atoms with Crippen LogP contribution in [0.5, 0.6) is 11.6 Å². The number of hydrogen-bond acceptors (Lipinski definition) is 5. The van der Waals surface area contributed by atoms with Crippen molar-refractivity contribution >= 4 is 0 Å². The number of aliphatic hydroxyl groups excluding tert-OH is 1. The number of aromatic nitrogens is 2. The van der Waals surface area contributed by atoms with Gasteiger partial charge in [0.15, 0.2) is 11.6 Å². The molecule has 1 aliphatic carbocycles. The van der Waals surface area contributed by atoms with Crippen LogP contribution in [0, 0.1) is 29.9 Å². The smallest absolute Gasteiger partial charge is 0.222 e. The first-order valence-corrected chi connectivity index (χ1v) is 11.6. The highest BCUT2D eigenvalue weighted by molar-refractivity contribution is 5.65. The van der Waals surface area contributed by atoms with Crippen LogP contribution < -0.4 is 4.74 Å². The van der Waals surface area contributed by atoms with E-state index in [0.29, 0.717) is 30.6 Å². The van der Waals surface area contributed by atoms with E-state index in [2.05, 4.69) is 15.9 Å². The molecule has 2 aromatic carbocycles. The van der Waals surface area contributed by atoms with Crippen molar-refractivity contribution in [2.75, 3.05) is 26.3 Å². The Balaban J connectivity index is 1.66. The van der Waals surface area contributed by atoms with E-state index in [4.69, 9.17) is 15.9 Å². The van der Waals surface area contributed by atoms with E-state index in [1.807, 2.05) is 30.3 Å². The van der Waals surface area contributed by atoms with E-state index in [1.54, 1.807) is 11.7 Å². The van der Waals surface area contributed by atoms with Gasteiger partial charge in [0, 0.05) is 38.3 Å². The van der Waals surface area contributed by atoms with Gasteiger partial charge in [-0.25, -0.2) is 13.5 Å². The minimum atomic E-state index is -0.797. The summed E-state index contributed by atoms with van der Waals surface area (Å²) in [5, 5.41) is 15.2. The Hall–Kier alpha value is -3.25. The summed E-state index contributed by atoms with van der Waals surface area (Å²) < 4.78 is 40.7. The highest BCUT2D eigenvalue weighted by Crippen LogP contribution is 2.36. The molecule has 0 aliphatic heterocycles. The van der Waals surface area contributed by atoms with E-state index in [0.717, 1.165) is 42.6 Å². The molecule has 1 aliphatic rings. The second kappa shape index (κ2) is 11.5. The van der Waals surface area contributed by atoms with Crippen molar-refractivity contribution in [2.24, 2.45) is 13.0 Å². The Morgan fingerprint density at radius 2 is 2.00 bits per heavy atom. The van der Waals surface area contributed by atoms with Crippen LogP contribution in [0.2, 0.25) is 0 Å². The third-order valence-electron chi connectivity index (χ3n) is 5.80. The molecule has 0 amide bonds. The van der Waals surface area contributed by atoms with E-state index >= 15 is 0 Å². The lowest BCUT2D eigenvalue weighted by Gasteiger charge is -2.25. The largest absolute Gasteiger partial charge is 0.436 e. The number of nitrogens with zero attached hydrogens (tertiary/aromatic N) is 3. The van der Waals surface area contributed by atoms with Crippen LogP contribution in [0.25, 0.3) is 11.3 Å². The van der Waals surface area contributed by atoms with Crippen molar-refractivity contribution in [3.8, 4) is 35.2 Å². The quantitative estimate of drug-likeness (QED) is 0.307. The Morgan fingerprint density at radius 1 is 1.23 bits per heavy atom. The number of terminal acetylenes is 1. The SMILES string of the molecule is C#CCOC[C@H](O)CN(Cc1c(-c2ccccc2)nn(C)c1Oc1ccc(F)cc1F)CC1CC1. The molecule has 1 atom stereocenters. The lowest BCUT2D eigenvalue weighted by molar-refractivity contribution is 0.0250. The van der Waals surface area contributed by atoms with E-state index < -0.39 is 17.7 Å². The van der Waals surface area contributed by atoms with E-state index in [9.17, 15) is 13.9 Å². The monoisotopic (exact) mass is 481 g/mol. The van der Waals surface area contributed by atoms with Crippen LogP contribution in [0.3, 0.4) is 0 Å². The molecule has 6 nitrogen and oxygen atoms in total.